The molecule has 0 aliphatic carbocycles. The second-order valence-electron chi connectivity index (χ2n) is 6.17. The van der Waals surface area contributed by atoms with E-state index in [9.17, 15) is 0 Å². The SMILES string of the molecule is CCNC(=NCC(C)C)NCC1CCc2nnc(C)n2C1. The van der Waals surface area contributed by atoms with Crippen LogP contribution in [0.1, 0.15) is 38.8 Å². The van der Waals surface area contributed by atoms with E-state index in [-0.39, 0.29) is 0 Å². The summed E-state index contributed by atoms with van der Waals surface area (Å²) in [5.74, 6) is 4.27. The maximum Gasteiger partial charge on any atom is 0.191 e. The van der Waals surface area contributed by atoms with E-state index in [0.29, 0.717) is 11.8 Å². The quantitative estimate of drug-likeness (QED) is 0.635. The van der Waals surface area contributed by atoms with Crippen molar-refractivity contribution in [2.75, 3.05) is 19.6 Å². The number of guanidine groups is 1. The van der Waals surface area contributed by atoms with Gasteiger partial charge in [-0.15, -0.1) is 10.2 Å². The first-order chi connectivity index (χ1) is 10.1. The summed E-state index contributed by atoms with van der Waals surface area (Å²) in [5, 5.41) is 15.2. The molecule has 0 saturated carbocycles. The highest BCUT2D eigenvalue weighted by atomic mass is 15.3. The molecule has 21 heavy (non-hydrogen) atoms. The van der Waals surface area contributed by atoms with Crippen molar-refractivity contribution in [3.63, 3.8) is 0 Å². The molecule has 0 aromatic carbocycles. The van der Waals surface area contributed by atoms with Gasteiger partial charge in [-0.2, -0.15) is 0 Å². The summed E-state index contributed by atoms with van der Waals surface area (Å²) in [6, 6.07) is 0. The molecule has 0 radical (unpaired) electrons. The van der Waals surface area contributed by atoms with Crippen LogP contribution in [0, 0.1) is 18.8 Å². The second-order valence-corrected chi connectivity index (χ2v) is 6.17. The Kier molecular flexibility index (Phi) is 5.59. The van der Waals surface area contributed by atoms with Crippen LogP contribution in [0.3, 0.4) is 0 Å². The first-order valence-electron chi connectivity index (χ1n) is 8.01. The molecule has 0 amide bonds. The smallest absolute Gasteiger partial charge is 0.191 e. The lowest BCUT2D eigenvalue weighted by atomic mass is 9.99. The molecule has 0 spiro atoms. The van der Waals surface area contributed by atoms with Crippen LogP contribution in [-0.2, 0) is 13.0 Å². The number of aromatic nitrogens is 3. The molecule has 2 heterocycles. The largest absolute Gasteiger partial charge is 0.357 e. The Morgan fingerprint density at radius 2 is 2.19 bits per heavy atom. The number of nitrogens with one attached hydrogen (secondary N) is 2. The topological polar surface area (TPSA) is 67.1 Å². The number of rotatable bonds is 5. The Bertz CT molecular complexity index is 477. The standard InChI is InChI=1S/C15H28N6/c1-5-16-15(17-8-11(2)3)18-9-13-6-7-14-20-19-12(4)21(14)10-13/h11,13H,5-10H2,1-4H3,(H2,16,17,18). The zero-order valence-corrected chi connectivity index (χ0v) is 13.7. The zero-order valence-electron chi connectivity index (χ0n) is 13.7. The molecule has 1 atom stereocenters. The molecule has 1 aromatic heterocycles. The minimum absolute atomic E-state index is 0.581. The Labute approximate surface area is 127 Å². The molecule has 1 aromatic rings. The van der Waals surface area contributed by atoms with E-state index < -0.39 is 0 Å². The van der Waals surface area contributed by atoms with Gasteiger partial charge < -0.3 is 15.2 Å². The molecule has 2 rings (SSSR count). The average Bonchev–Trinajstić information content (AvgIpc) is 2.83. The van der Waals surface area contributed by atoms with Crippen LogP contribution in [0.5, 0.6) is 0 Å². The van der Waals surface area contributed by atoms with Crippen LogP contribution < -0.4 is 10.6 Å². The molecule has 0 saturated heterocycles. The van der Waals surface area contributed by atoms with Crippen molar-refractivity contribution in [2.45, 2.75) is 47.1 Å². The van der Waals surface area contributed by atoms with Crippen molar-refractivity contribution < 1.29 is 0 Å². The molecule has 118 valence electrons. The molecule has 1 unspecified atom stereocenters. The van der Waals surface area contributed by atoms with Gasteiger partial charge in [-0.05, 0) is 32.1 Å². The lowest BCUT2D eigenvalue weighted by molar-refractivity contribution is 0.358. The highest BCUT2D eigenvalue weighted by molar-refractivity contribution is 5.79. The maximum absolute atomic E-state index is 4.61. The number of aryl methyl sites for hydroxylation is 2. The Hall–Kier alpha value is -1.59. The highest BCUT2D eigenvalue weighted by Gasteiger charge is 2.21. The maximum atomic E-state index is 4.61. The Balaban J connectivity index is 1.87. The van der Waals surface area contributed by atoms with Gasteiger partial charge >= 0.3 is 0 Å². The number of hydrogen-bond acceptors (Lipinski definition) is 3. The van der Waals surface area contributed by atoms with Gasteiger partial charge in [0.15, 0.2) is 5.96 Å². The van der Waals surface area contributed by atoms with Gasteiger partial charge in [-0.25, -0.2) is 0 Å². The van der Waals surface area contributed by atoms with Gasteiger partial charge in [0, 0.05) is 32.6 Å². The van der Waals surface area contributed by atoms with Crippen LogP contribution in [0.2, 0.25) is 0 Å². The average molecular weight is 292 g/mol. The third kappa shape index (κ3) is 4.44. The fourth-order valence-electron chi connectivity index (χ4n) is 2.55. The minimum atomic E-state index is 0.581. The summed E-state index contributed by atoms with van der Waals surface area (Å²) < 4.78 is 2.24. The van der Waals surface area contributed by atoms with E-state index >= 15 is 0 Å². The van der Waals surface area contributed by atoms with Crippen LogP contribution in [0.25, 0.3) is 0 Å². The lowest BCUT2D eigenvalue weighted by Gasteiger charge is -2.25. The van der Waals surface area contributed by atoms with Crippen molar-refractivity contribution in [1.82, 2.24) is 25.4 Å². The van der Waals surface area contributed by atoms with Gasteiger partial charge in [-0.1, -0.05) is 13.8 Å². The fraction of sp³-hybridized carbons (Fsp3) is 0.800. The van der Waals surface area contributed by atoms with E-state index in [0.717, 1.165) is 56.6 Å². The van der Waals surface area contributed by atoms with Crippen molar-refractivity contribution in [3.05, 3.63) is 11.6 Å². The Morgan fingerprint density at radius 1 is 1.38 bits per heavy atom. The van der Waals surface area contributed by atoms with Crippen molar-refractivity contribution in [1.29, 1.82) is 0 Å². The molecular formula is C15H28N6. The number of hydrogen-bond donors (Lipinski definition) is 2. The van der Waals surface area contributed by atoms with Crippen molar-refractivity contribution >= 4 is 5.96 Å². The van der Waals surface area contributed by atoms with Crippen LogP contribution in [0.15, 0.2) is 4.99 Å². The molecule has 6 nitrogen and oxygen atoms in total. The molecule has 1 aliphatic rings. The van der Waals surface area contributed by atoms with Gasteiger partial charge in [0.25, 0.3) is 0 Å². The van der Waals surface area contributed by atoms with Crippen LogP contribution >= 0.6 is 0 Å². The summed E-state index contributed by atoms with van der Waals surface area (Å²) in [7, 11) is 0. The molecule has 2 N–H and O–H groups in total. The predicted molar refractivity (Wildman–Crippen MR) is 85.4 cm³/mol. The molecule has 1 aliphatic heterocycles. The summed E-state index contributed by atoms with van der Waals surface area (Å²) in [6.07, 6.45) is 2.18. The van der Waals surface area contributed by atoms with Crippen molar-refractivity contribution in [2.24, 2.45) is 16.8 Å². The Morgan fingerprint density at radius 3 is 2.90 bits per heavy atom. The van der Waals surface area contributed by atoms with Gasteiger partial charge in [-0.3, -0.25) is 4.99 Å². The predicted octanol–water partition coefficient (Wildman–Crippen LogP) is 1.36. The fourth-order valence-corrected chi connectivity index (χ4v) is 2.55. The second kappa shape index (κ2) is 7.43. The number of aliphatic imine (C=N–C) groups is 1. The first kappa shape index (κ1) is 15.8. The van der Waals surface area contributed by atoms with E-state index in [1.165, 1.54) is 0 Å². The summed E-state index contributed by atoms with van der Waals surface area (Å²) >= 11 is 0. The number of nitrogens with zero attached hydrogens (tertiary/aromatic N) is 4. The third-order valence-corrected chi connectivity index (χ3v) is 3.75. The van der Waals surface area contributed by atoms with Crippen molar-refractivity contribution in [3.8, 4) is 0 Å². The van der Waals surface area contributed by atoms with Gasteiger partial charge in [0.2, 0.25) is 0 Å². The van der Waals surface area contributed by atoms with Crippen LogP contribution in [-0.4, -0.2) is 40.4 Å². The summed E-state index contributed by atoms with van der Waals surface area (Å²) in [6.45, 7) is 12.2. The molecular weight excluding hydrogens is 264 g/mol. The normalized spacial score (nSPS) is 18.7. The van der Waals surface area contributed by atoms with Crippen LogP contribution in [0.4, 0.5) is 0 Å². The van der Waals surface area contributed by atoms with E-state index in [1.807, 2.05) is 6.92 Å². The monoisotopic (exact) mass is 292 g/mol. The van der Waals surface area contributed by atoms with E-state index in [2.05, 4.69) is 51.2 Å². The van der Waals surface area contributed by atoms with Gasteiger partial charge in [0.1, 0.15) is 11.6 Å². The molecule has 6 heteroatoms. The van der Waals surface area contributed by atoms with Gasteiger partial charge in [0.05, 0.1) is 0 Å². The van der Waals surface area contributed by atoms with E-state index in [1.54, 1.807) is 0 Å². The molecule has 0 fully saturated rings. The number of fused-ring (bicyclic) bond motifs is 1. The lowest BCUT2D eigenvalue weighted by Crippen LogP contribution is -2.41. The zero-order chi connectivity index (χ0) is 15.2. The highest BCUT2D eigenvalue weighted by Crippen LogP contribution is 2.19. The summed E-state index contributed by atoms with van der Waals surface area (Å²) in [5.41, 5.74) is 0. The summed E-state index contributed by atoms with van der Waals surface area (Å²) in [4.78, 5) is 4.61. The third-order valence-electron chi connectivity index (χ3n) is 3.75. The van der Waals surface area contributed by atoms with E-state index in [4.69, 9.17) is 0 Å². The molecule has 0 bridgehead atoms. The minimum Gasteiger partial charge on any atom is -0.357 e. The first-order valence-corrected chi connectivity index (χ1v) is 8.01.